The molecule has 3 unspecified atom stereocenters. The van der Waals surface area contributed by atoms with Crippen molar-refractivity contribution in [3.05, 3.63) is 11.9 Å². The van der Waals surface area contributed by atoms with E-state index in [1.807, 2.05) is 12.1 Å². The van der Waals surface area contributed by atoms with Crippen LogP contribution in [-0.4, -0.2) is 72.8 Å². The van der Waals surface area contributed by atoms with Crippen molar-refractivity contribution in [2.75, 3.05) is 26.8 Å². The Kier molecular flexibility index (Phi) is 8.37. The second-order valence-corrected chi connectivity index (χ2v) is 9.35. The lowest BCUT2D eigenvalue weighted by Crippen LogP contribution is -2.48. The van der Waals surface area contributed by atoms with Crippen molar-refractivity contribution >= 4 is 17.9 Å². The van der Waals surface area contributed by atoms with Gasteiger partial charge in [0.1, 0.15) is 12.7 Å². The van der Waals surface area contributed by atoms with Crippen molar-refractivity contribution in [2.45, 2.75) is 76.5 Å². The molecule has 3 heterocycles. The van der Waals surface area contributed by atoms with E-state index >= 15 is 0 Å². The van der Waals surface area contributed by atoms with Crippen LogP contribution in [0.2, 0.25) is 0 Å². The largest absolute Gasteiger partial charge is 0.349 e. The van der Waals surface area contributed by atoms with Gasteiger partial charge in [-0.2, -0.15) is 0 Å². The van der Waals surface area contributed by atoms with Gasteiger partial charge in [-0.1, -0.05) is 19.3 Å². The molecular weight excluding hydrogens is 414 g/mol. The molecule has 1 aliphatic carbocycles. The molecule has 1 saturated heterocycles. The Morgan fingerprint density at radius 2 is 2.03 bits per heavy atom. The predicted molar refractivity (Wildman–Crippen MR) is 134 cm³/mol. The normalized spacial score (nSPS) is 25.9. The maximum Gasteiger partial charge on any atom is 0.187 e. The van der Waals surface area contributed by atoms with Gasteiger partial charge < -0.3 is 21.4 Å². The van der Waals surface area contributed by atoms with Crippen LogP contribution in [0.5, 0.6) is 0 Å². The van der Waals surface area contributed by atoms with E-state index in [9.17, 15) is 0 Å². The lowest BCUT2D eigenvalue weighted by molar-refractivity contribution is 0.192. The molecule has 1 saturated carbocycles. The van der Waals surface area contributed by atoms with E-state index in [4.69, 9.17) is 10.4 Å². The van der Waals surface area contributed by atoms with Crippen molar-refractivity contribution in [3.63, 3.8) is 0 Å². The minimum atomic E-state index is -0.418. The van der Waals surface area contributed by atoms with E-state index in [1.54, 1.807) is 0 Å². The minimum absolute atomic E-state index is 0.379. The molecule has 0 aromatic heterocycles. The van der Waals surface area contributed by atoms with Crippen molar-refractivity contribution in [1.29, 1.82) is 5.41 Å². The molecule has 0 aromatic carbocycles. The van der Waals surface area contributed by atoms with Gasteiger partial charge in [0, 0.05) is 37.0 Å². The third-order valence-electron chi connectivity index (χ3n) is 7.13. The van der Waals surface area contributed by atoms with Gasteiger partial charge in [0.05, 0.1) is 11.9 Å². The van der Waals surface area contributed by atoms with Gasteiger partial charge in [-0.15, -0.1) is 0 Å². The van der Waals surface area contributed by atoms with Crippen molar-refractivity contribution in [3.8, 4) is 12.0 Å². The van der Waals surface area contributed by atoms with Crippen LogP contribution in [0.25, 0.3) is 0 Å². The summed E-state index contributed by atoms with van der Waals surface area (Å²) in [5.74, 6) is 5.14. The molecule has 3 aliphatic heterocycles. The summed E-state index contributed by atoms with van der Waals surface area (Å²) in [5, 5.41) is 19.9. The van der Waals surface area contributed by atoms with E-state index in [0.717, 1.165) is 43.9 Å². The lowest BCUT2D eigenvalue weighted by Gasteiger charge is -2.29. The number of rotatable bonds is 6. The molecule has 180 valence electrons. The second kappa shape index (κ2) is 11.6. The van der Waals surface area contributed by atoms with Gasteiger partial charge in [0.15, 0.2) is 11.7 Å². The van der Waals surface area contributed by atoms with Crippen LogP contribution in [0.3, 0.4) is 0 Å². The van der Waals surface area contributed by atoms with E-state index < -0.39 is 6.04 Å². The molecule has 0 radical (unpaired) electrons. The highest BCUT2D eigenvalue weighted by Crippen LogP contribution is 2.32. The first kappa shape index (κ1) is 23.7. The fourth-order valence-electron chi connectivity index (χ4n) is 4.99. The molecule has 2 fully saturated rings. The van der Waals surface area contributed by atoms with Gasteiger partial charge in [-0.25, -0.2) is 15.4 Å². The topological polar surface area (TPSA) is 103 Å². The molecule has 4 aliphatic rings. The third kappa shape index (κ3) is 6.14. The number of fused-ring (bicyclic) bond motifs is 1. The summed E-state index contributed by atoms with van der Waals surface area (Å²) in [4.78, 5) is 12.0. The van der Waals surface area contributed by atoms with E-state index in [-0.39, 0.29) is 0 Å². The Bertz CT molecular complexity index is 831. The summed E-state index contributed by atoms with van der Waals surface area (Å²) in [7, 11) is 2.01. The Labute approximate surface area is 198 Å². The fraction of sp³-hybridized carbons (Fsp3) is 0.708. The summed E-state index contributed by atoms with van der Waals surface area (Å²) in [6.45, 7) is 4.92. The van der Waals surface area contributed by atoms with Crippen LogP contribution in [0.15, 0.2) is 21.9 Å². The summed E-state index contributed by atoms with van der Waals surface area (Å²) >= 11 is 0. The molecule has 9 nitrogen and oxygen atoms in total. The van der Waals surface area contributed by atoms with Crippen LogP contribution in [0.1, 0.15) is 58.3 Å². The minimum Gasteiger partial charge on any atom is -0.349 e. The van der Waals surface area contributed by atoms with Gasteiger partial charge >= 0.3 is 0 Å². The average molecular weight is 454 g/mol. The molecule has 3 atom stereocenters. The van der Waals surface area contributed by atoms with Crippen LogP contribution < -0.4 is 21.4 Å². The van der Waals surface area contributed by atoms with Crippen LogP contribution in [0.4, 0.5) is 0 Å². The van der Waals surface area contributed by atoms with Crippen LogP contribution in [0, 0.1) is 23.3 Å². The van der Waals surface area contributed by atoms with Gasteiger partial charge in [0.25, 0.3) is 0 Å². The third-order valence-corrected chi connectivity index (χ3v) is 7.13. The molecule has 33 heavy (non-hydrogen) atoms. The van der Waals surface area contributed by atoms with E-state index in [1.165, 1.54) is 38.3 Å². The highest BCUT2D eigenvalue weighted by molar-refractivity contribution is 6.41. The van der Waals surface area contributed by atoms with Crippen LogP contribution in [-0.2, 0) is 0 Å². The molecule has 0 amide bonds. The smallest absolute Gasteiger partial charge is 0.187 e. The predicted octanol–water partition coefficient (Wildman–Crippen LogP) is 1.57. The summed E-state index contributed by atoms with van der Waals surface area (Å²) in [6, 6.07) is 3.09. The second-order valence-electron chi connectivity index (χ2n) is 9.35. The summed E-state index contributed by atoms with van der Waals surface area (Å²) in [6.07, 6.45) is 13.4. The molecule has 9 heteroatoms. The molecule has 4 rings (SSSR count). The molecule has 0 bridgehead atoms. The van der Waals surface area contributed by atoms with E-state index in [2.05, 4.69) is 56.4 Å². The number of likely N-dealkylation sites (tertiary alicyclic amines) is 1. The summed E-state index contributed by atoms with van der Waals surface area (Å²) in [5.41, 5.74) is 4.37. The molecule has 5 N–H and O–H groups in total. The maximum atomic E-state index is 7.90. The Hall–Kier alpha value is -2.41. The van der Waals surface area contributed by atoms with Gasteiger partial charge in [0.2, 0.25) is 0 Å². The number of nitrogens with zero attached hydrogens (tertiary/aromatic N) is 4. The first-order chi connectivity index (χ1) is 16.2. The van der Waals surface area contributed by atoms with E-state index in [0.29, 0.717) is 30.6 Å². The fourth-order valence-corrected chi connectivity index (χ4v) is 4.99. The number of amidine groups is 2. The molecule has 0 aromatic rings. The highest BCUT2D eigenvalue weighted by atomic mass is 15.6. The Morgan fingerprint density at radius 1 is 1.18 bits per heavy atom. The quantitative estimate of drug-likeness (QED) is 0.238. The Balaban J connectivity index is 1.36. The van der Waals surface area contributed by atoms with Crippen LogP contribution >= 0.6 is 0 Å². The van der Waals surface area contributed by atoms with Gasteiger partial charge in [-0.3, -0.25) is 9.91 Å². The molecular formula is C24H39N9. The number of hydrogen-bond acceptors (Lipinski definition) is 9. The maximum absolute atomic E-state index is 7.90. The highest BCUT2D eigenvalue weighted by Gasteiger charge is 2.29. The van der Waals surface area contributed by atoms with Crippen molar-refractivity contribution in [2.24, 2.45) is 15.9 Å². The number of hydrogen-bond donors (Lipinski definition) is 5. The number of aliphatic imine (C=N–C) groups is 2. The zero-order valence-electron chi connectivity index (χ0n) is 20.0. The Morgan fingerprint density at radius 3 is 2.82 bits per heavy atom. The van der Waals surface area contributed by atoms with Crippen molar-refractivity contribution < 1.29 is 0 Å². The average Bonchev–Trinajstić information content (AvgIpc) is 3.21. The van der Waals surface area contributed by atoms with Crippen molar-refractivity contribution in [1.82, 2.24) is 31.3 Å². The number of hydrazine groups is 1. The standard InChI is InChI=1S/C24H39N9/c1-18(26-2)32-13-6-9-20(11-14-32)27-12-10-21(15-25)30-23-24-28-17-29-33(24)16-22(31-23)19-7-4-3-5-8-19/h15-16,18-21,25-27,29H,3-9,11,13-14,17H2,1-2H3,(H,30,31). The lowest BCUT2D eigenvalue weighted by atomic mass is 9.87. The summed E-state index contributed by atoms with van der Waals surface area (Å²) < 4.78 is 0. The number of allylic oxidation sites excluding steroid dienone is 1. The SMILES string of the molecule is CNC(C)N1CCCC(NC#CC(C=N)NC2=NC(C3CCCCC3)=CN3NCN=C23)CC1. The zero-order valence-corrected chi connectivity index (χ0v) is 20.0. The first-order valence-corrected chi connectivity index (χ1v) is 12.5. The monoisotopic (exact) mass is 453 g/mol. The number of nitrogens with one attached hydrogen (secondary N) is 5. The molecule has 0 spiro atoms. The zero-order chi connectivity index (χ0) is 23.0. The first-order valence-electron chi connectivity index (χ1n) is 12.5. The van der Waals surface area contributed by atoms with Gasteiger partial charge in [-0.05, 0) is 58.5 Å².